The molecule has 1 saturated heterocycles. The molecule has 6 nitrogen and oxygen atoms in total. The first-order valence-electron chi connectivity index (χ1n) is 9.73. The van der Waals surface area contributed by atoms with Crippen LogP contribution in [0.25, 0.3) is 0 Å². The van der Waals surface area contributed by atoms with Crippen molar-refractivity contribution < 1.29 is 9.00 Å². The van der Waals surface area contributed by atoms with Crippen LogP contribution in [0.4, 0.5) is 4.79 Å². The van der Waals surface area contributed by atoms with Gasteiger partial charge in [-0.15, -0.1) is 0 Å². The van der Waals surface area contributed by atoms with Crippen LogP contribution in [0.2, 0.25) is 0 Å². The van der Waals surface area contributed by atoms with Crippen LogP contribution in [0.5, 0.6) is 0 Å². The van der Waals surface area contributed by atoms with Gasteiger partial charge in [0.25, 0.3) is 0 Å². The quantitative estimate of drug-likeness (QED) is 0.860. The first kappa shape index (κ1) is 19.1. The van der Waals surface area contributed by atoms with Crippen LogP contribution in [0, 0.1) is 0 Å². The molecule has 1 fully saturated rings. The van der Waals surface area contributed by atoms with Gasteiger partial charge in [0.2, 0.25) is 0 Å². The molecular formula is C21H26N4O2S. The van der Waals surface area contributed by atoms with E-state index < -0.39 is 10.8 Å². The highest BCUT2D eigenvalue weighted by Gasteiger charge is 2.24. The molecule has 0 aliphatic carbocycles. The first-order valence-corrected chi connectivity index (χ1v) is 10.9. The number of nitrogens with one attached hydrogen (secondary N) is 1. The third-order valence-electron chi connectivity index (χ3n) is 5.58. The lowest BCUT2D eigenvalue weighted by atomic mass is 10.1. The van der Waals surface area contributed by atoms with Crippen LogP contribution in [-0.4, -0.2) is 50.4 Å². The number of urea groups is 1. The van der Waals surface area contributed by atoms with Gasteiger partial charge in [-0.25, -0.2) is 4.79 Å². The van der Waals surface area contributed by atoms with Gasteiger partial charge in [-0.1, -0.05) is 12.1 Å². The molecule has 2 aliphatic rings. The summed E-state index contributed by atoms with van der Waals surface area (Å²) < 4.78 is 12.8. The number of fused-ring (bicyclic) bond motifs is 1. The van der Waals surface area contributed by atoms with Crippen LogP contribution < -0.4 is 5.32 Å². The number of benzene rings is 1. The summed E-state index contributed by atoms with van der Waals surface area (Å²) in [5.41, 5.74) is 3.28. The van der Waals surface area contributed by atoms with Crippen LogP contribution >= 0.6 is 0 Å². The number of rotatable bonds is 4. The highest BCUT2D eigenvalue weighted by atomic mass is 32.2. The van der Waals surface area contributed by atoms with E-state index in [0.29, 0.717) is 19.6 Å². The summed E-state index contributed by atoms with van der Waals surface area (Å²) in [4.78, 5) is 21.5. The number of piperidine rings is 1. The molecule has 0 radical (unpaired) electrons. The molecule has 1 unspecified atom stereocenters. The van der Waals surface area contributed by atoms with E-state index in [1.807, 2.05) is 36.5 Å². The Bertz CT molecular complexity index is 838. The van der Waals surface area contributed by atoms with Gasteiger partial charge in [0.1, 0.15) is 0 Å². The number of aromatic nitrogens is 1. The average Bonchev–Trinajstić information content (AvgIpc) is 3.17. The topological polar surface area (TPSA) is 65.5 Å². The minimum absolute atomic E-state index is 0.0739. The van der Waals surface area contributed by atoms with Crippen LogP contribution in [0.3, 0.4) is 0 Å². The summed E-state index contributed by atoms with van der Waals surface area (Å²) in [5.74, 6) is 0. The molecule has 4 rings (SSSR count). The van der Waals surface area contributed by atoms with Crippen molar-refractivity contribution >= 4 is 16.8 Å². The Hall–Kier alpha value is -2.25. The largest absolute Gasteiger partial charge is 0.334 e. The minimum atomic E-state index is -0.959. The number of carbonyl (C=O) groups excluding carboxylic acids is 1. The Labute approximate surface area is 168 Å². The highest BCUT2D eigenvalue weighted by Crippen LogP contribution is 2.22. The van der Waals surface area contributed by atoms with Crippen molar-refractivity contribution in [2.75, 3.05) is 20.1 Å². The van der Waals surface area contributed by atoms with Gasteiger partial charge < -0.3 is 15.1 Å². The lowest BCUT2D eigenvalue weighted by molar-refractivity contribution is 0.198. The molecule has 0 spiro atoms. The van der Waals surface area contributed by atoms with Crippen LogP contribution in [-0.2, 0) is 30.4 Å². The molecule has 7 heteroatoms. The van der Waals surface area contributed by atoms with E-state index in [2.05, 4.69) is 22.2 Å². The maximum Gasteiger partial charge on any atom is 0.318 e. The van der Waals surface area contributed by atoms with Gasteiger partial charge >= 0.3 is 6.03 Å². The maximum absolute atomic E-state index is 12.8. The number of carbonyl (C=O) groups is 1. The van der Waals surface area contributed by atoms with Crippen molar-refractivity contribution in [3.8, 4) is 0 Å². The molecular weight excluding hydrogens is 372 g/mol. The number of hydrogen-bond donors (Lipinski definition) is 1. The van der Waals surface area contributed by atoms with Crippen molar-refractivity contribution in [1.29, 1.82) is 0 Å². The lowest BCUT2D eigenvalue weighted by Crippen LogP contribution is -2.36. The molecule has 3 heterocycles. The van der Waals surface area contributed by atoms with E-state index >= 15 is 0 Å². The summed E-state index contributed by atoms with van der Waals surface area (Å²) >= 11 is 0. The molecule has 148 valence electrons. The normalized spacial score (nSPS) is 18.7. The monoisotopic (exact) mass is 398 g/mol. The number of pyridine rings is 1. The fourth-order valence-corrected chi connectivity index (χ4v) is 5.21. The predicted molar refractivity (Wildman–Crippen MR) is 109 cm³/mol. The van der Waals surface area contributed by atoms with Gasteiger partial charge in [-0.3, -0.25) is 9.19 Å². The molecule has 2 aliphatic heterocycles. The maximum atomic E-state index is 12.8. The van der Waals surface area contributed by atoms with E-state index in [1.54, 1.807) is 11.1 Å². The SMILES string of the molecule is CN1CCC(S(=O)c2ccc(CNC(=O)N3Cc4ccncc4C3)cc2)CC1. The van der Waals surface area contributed by atoms with Gasteiger partial charge in [0, 0.05) is 42.2 Å². The zero-order chi connectivity index (χ0) is 19.5. The van der Waals surface area contributed by atoms with Gasteiger partial charge in [-0.2, -0.15) is 0 Å². The standard InChI is InChI=1S/C21H26N4O2S/c1-24-10-7-20(8-11-24)28(27)19-4-2-16(3-5-19)12-23-21(26)25-14-17-6-9-22-13-18(17)15-25/h2-6,9,13,20H,7-8,10-12,14-15H2,1H3,(H,23,26). The number of likely N-dealkylation sites (tertiary alicyclic amines) is 1. The second-order valence-corrected chi connectivity index (χ2v) is 9.34. The zero-order valence-corrected chi connectivity index (χ0v) is 17.0. The fourth-order valence-electron chi connectivity index (χ4n) is 3.79. The fraction of sp³-hybridized carbons (Fsp3) is 0.429. The Morgan fingerprint density at radius 3 is 2.57 bits per heavy atom. The van der Waals surface area contributed by atoms with Gasteiger partial charge in [0.15, 0.2) is 0 Å². The molecule has 1 aromatic carbocycles. The third kappa shape index (κ3) is 4.25. The van der Waals surface area contributed by atoms with E-state index in [-0.39, 0.29) is 11.3 Å². The smallest absolute Gasteiger partial charge is 0.318 e. The van der Waals surface area contributed by atoms with Gasteiger partial charge in [0.05, 0.1) is 10.8 Å². The van der Waals surface area contributed by atoms with Gasteiger partial charge in [-0.05, 0) is 67.9 Å². The number of amides is 2. The van der Waals surface area contributed by atoms with Crippen LogP contribution in [0.1, 0.15) is 29.5 Å². The molecule has 2 amide bonds. The predicted octanol–water partition coefficient (Wildman–Crippen LogP) is 2.51. The average molecular weight is 399 g/mol. The Morgan fingerprint density at radius 1 is 1.14 bits per heavy atom. The third-order valence-corrected chi connectivity index (χ3v) is 7.40. The second kappa shape index (κ2) is 8.41. The zero-order valence-electron chi connectivity index (χ0n) is 16.1. The Morgan fingerprint density at radius 2 is 1.86 bits per heavy atom. The molecule has 0 saturated carbocycles. The lowest BCUT2D eigenvalue weighted by Gasteiger charge is -2.28. The molecule has 1 aromatic heterocycles. The van der Waals surface area contributed by atoms with E-state index in [4.69, 9.17) is 0 Å². The summed E-state index contributed by atoms with van der Waals surface area (Å²) in [6.07, 6.45) is 5.55. The van der Waals surface area contributed by atoms with Crippen molar-refractivity contribution in [2.45, 2.75) is 42.6 Å². The summed E-state index contributed by atoms with van der Waals surface area (Å²) in [6.45, 7) is 3.71. The van der Waals surface area contributed by atoms with E-state index in [1.165, 1.54) is 0 Å². The van der Waals surface area contributed by atoms with Crippen molar-refractivity contribution in [2.24, 2.45) is 0 Å². The van der Waals surface area contributed by atoms with Crippen LogP contribution in [0.15, 0.2) is 47.6 Å². The summed E-state index contributed by atoms with van der Waals surface area (Å²) in [7, 11) is 1.15. The summed E-state index contributed by atoms with van der Waals surface area (Å²) in [5, 5.41) is 3.22. The number of hydrogen-bond acceptors (Lipinski definition) is 4. The van der Waals surface area contributed by atoms with E-state index in [0.717, 1.165) is 47.5 Å². The minimum Gasteiger partial charge on any atom is -0.334 e. The molecule has 28 heavy (non-hydrogen) atoms. The first-order chi connectivity index (χ1) is 13.6. The van der Waals surface area contributed by atoms with E-state index in [9.17, 15) is 9.00 Å². The van der Waals surface area contributed by atoms with Crippen molar-refractivity contribution in [3.05, 3.63) is 59.4 Å². The summed E-state index contributed by atoms with van der Waals surface area (Å²) in [6, 6.07) is 9.69. The highest BCUT2D eigenvalue weighted by molar-refractivity contribution is 7.85. The van der Waals surface area contributed by atoms with Crippen molar-refractivity contribution in [3.63, 3.8) is 0 Å². The molecule has 1 atom stereocenters. The molecule has 0 bridgehead atoms. The number of nitrogens with zero attached hydrogens (tertiary/aromatic N) is 3. The molecule has 2 aromatic rings. The van der Waals surface area contributed by atoms with Crippen molar-refractivity contribution in [1.82, 2.24) is 20.1 Å². The Kier molecular flexibility index (Phi) is 5.73. The molecule has 1 N–H and O–H groups in total. The Balaban J connectivity index is 1.29. The second-order valence-electron chi connectivity index (χ2n) is 7.60.